The van der Waals surface area contributed by atoms with Gasteiger partial charge in [0.1, 0.15) is 6.04 Å². The van der Waals surface area contributed by atoms with Crippen molar-refractivity contribution in [2.24, 2.45) is 11.3 Å². The number of amides is 1. The van der Waals surface area contributed by atoms with Crippen molar-refractivity contribution in [3.05, 3.63) is 0 Å². The predicted molar refractivity (Wildman–Crippen MR) is 67.1 cm³/mol. The minimum Gasteiger partial charge on any atom is -0.480 e. The molecule has 2 unspecified atom stereocenters. The summed E-state index contributed by atoms with van der Waals surface area (Å²) >= 11 is 0. The second kappa shape index (κ2) is 4.88. The summed E-state index contributed by atoms with van der Waals surface area (Å²) in [6.07, 6.45) is 3.48. The predicted octanol–water partition coefficient (Wildman–Crippen LogP) is 0.698. The second-order valence-corrected chi connectivity index (χ2v) is 5.58. The molecule has 0 aromatic rings. The van der Waals surface area contributed by atoms with E-state index in [2.05, 4.69) is 5.32 Å². The molecule has 0 radical (unpaired) electrons. The first-order valence-electron chi connectivity index (χ1n) is 6.72. The highest BCUT2D eigenvalue weighted by Gasteiger charge is 2.58. The fraction of sp³-hybridized carbons (Fsp3) is 0.846. The average Bonchev–Trinajstić information content (AvgIpc) is 3.03. The van der Waals surface area contributed by atoms with Crippen LogP contribution in [-0.4, -0.2) is 48.1 Å². The quantitative estimate of drug-likeness (QED) is 0.774. The molecule has 1 saturated heterocycles. The molecule has 1 heterocycles. The van der Waals surface area contributed by atoms with Gasteiger partial charge < -0.3 is 15.3 Å². The molecule has 2 atom stereocenters. The van der Waals surface area contributed by atoms with Crippen molar-refractivity contribution in [1.29, 1.82) is 0 Å². The number of carbonyl (C=O) groups excluding carboxylic acids is 1. The van der Waals surface area contributed by atoms with Crippen LogP contribution < -0.4 is 5.32 Å². The highest BCUT2D eigenvalue weighted by Crippen LogP contribution is 2.59. The lowest BCUT2D eigenvalue weighted by atomic mass is 9.91. The summed E-state index contributed by atoms with van der Waals surface area (Å²) in [5, 5.41) is 12.4. The van der Waals surface area contributed by atoms with Crippen LogP contribution in [0.1, 0.15) is 32.6 Å². The van der Waals surface area contributed by atoms with Crippen LogP contribution in [0.25, 0.3) is 0 Å². The summed E-state index contributed by atoms with van der Waals surface area (Å²) in [6, 6.07) is -0.683. The van der Waals surface area contributed by atoms with Crippen molar-refractivity contribution >= 4 is 11.9 Å². The van der Waals surface area contributed by atoms with Gasteiger partial charge in [-0.15, -0.1) is 0 Å². The van der Waals surface area contributed by atoms with Crippen LogP contribution >= 0.6 is 0 Å². The van der Waals surface area contributed by atoms with E-state index in [1.54, 1.807) is 14.0 Å². The lowest BCUT2D eigenvalue weighted by molar-refractivity contribution is -0.150. The van der Waals surface area contributed by atoms with E-state index in [9.17, 15) is 9.59 Å². The van der Waals surface area contributed by atoms with Crippen LogP contribution in [0, 0.1) is 11.3 Å². The normalized spacial score (nSPS) is 26.7. The zero-order valence-electron chi connectivity index (χ0n) is 11.1. The van der Waals surface area contributed by atoms with Gasteiger partial charge in [0.2, 0.25) is 5.91 Å². The van der Waals surface area contributed by atoms with E-state index in [1.807, 2.05) is 0 Å². The Kier molecular flexibility index (Phi) is 3.61. The van der Waals surface area contributed by atoms with Crippen molar-refractivity contribution in [3.63, 3.8) is 0 Å². The van der Waals surface area contributed by atoms with Gasteiger partial charge >= 0.3 is 5.97 Å². The first-order chi connectivity index (χ1) is 8.52. The van der Waals surface area contributed by atoms with Gasteiger partial charge in [0.05, 0.1) is 0 Å². The largest absolute Gasteiger partial charge is 0.480 e. The van der Waals surface area contributed by atoms with Crippen LogP contribution in [0.2, 0.25) is 0 Å². The van der Waals surface area contributed by atoms with Crippen molar-refractivity contribution in [2.75, 3.05) is 20.1 Å². The maximum Gasteiger partial charge on any atom is 0.326 e. The third-order valence-corrected chi connectivity index (χ3v) is 4.57. The van der Waals surface area contributed by atoms with Crippen molar-refractivity contribution in [2.45, 2.75) is 38.6 Å². The zero-order chi connectivity index (χ0) is 13.3. The lowest BCUT2D eigenvalue weighted by Gasteiger charge is -2.27. The van der Waals surface area contributed by atoms with Crippen LogP contribution in [0.15, 0.2) is 0 Å². The van der Waals surface area contributed by atoms with Crippen molar-refractivity contribution in [1.82, 2.24) is 10.2 Å². The number of carbonyl (C=O) groups is 2. The summed E-state index contributed by atoms with van der Waals surface area (Å²) in [6.45, 7) is 3.75. The van der Waals surface area contributed by atoms with Gasteiger partial charge in [-0.3, -0.25) is 4.79 Å². The Morgan fingerprint density at radius 3 is 2.56 bits per heavy atom. The number of piperidine rings is 1. The summed E-state index contributed by atoms with van der Waals surface area (Å²) in [5.74, 6) is -0.836. The Bertz CT molecular complexity index is 350. The maximum atomic E-state index is 12.3. The number of hydrogen-bond acceptors (Lipinski definition) is 3. The van der Waals surface area contributed by atoms with Crippen molar-refractivity contribution in [3.8, 4) is 0 Å². The third-order valence-electron chi connectivity index (χ3n) is 4.57. The SMILES string of the molecule is CCC(C(=O)O)N(C)C(=O)C1CC12CCNCC2. The molecule has 1 spiro atoms. The van der Waals surface area contributed by atoms with E-state index in [4.69, 9.17) is 5.11 Å². The van der Waals surface area contributed by atoms with Gasteiger partial charge in [-0.2, -0.15) is 0 Å². The molecule has 2 N–H and O–H groups in total. The molecule has 1 aliphatic heterocycles. The number of aliphatic carboxylic acids is 1. The molecule has 5 nitrogen and oxygen atoms in total. The second-order valence-electron chi connectivity index (χ2n) is 5.58. The molecule has 102 valence electrons. The molecule has 0 bridgehead atoms. The molecule has 1 saturated carbocycles. The van der Waals surface area contributed by atoms with Crippen molar-refractivity contribution < 1.29 is 14.7 Å². The monoisotopic (exact) mass is 254 g/mol. The van der Waals surface area contributed by atoms with E-state index in [0.29, 0.717) is 6.42 Å². The van der Waals surface area contributed by atoms with E-state index in [0.717, 1.165) is 32.4 Å². The molecule has 0 aromatic heterocycles. The van der Waals surface area contributed by atoms with E-state index in [-0.39, 0.29) is 17.2 Å². The topological polar surface area (TPSA) is 69.6 Å². The van der Waals surface area contributed by atoms with E-state index in [1.165, 1.54) is 4.90 Å². The minimum atomic E-state index is -0.909. The molecule has 5 heteroatoms. The van der Waals surface area contributed by atoms with Gasteiger partial charge in [-0.25, -0.2) is 4.79 Å². The Balaban J connectivity index is 1.98. The highest BCUT2D eigenvalue weighted by atomic mass is 16.4. The average molecular weight is 254 g/mol. The fourth-order valence-electron chi connectivity index (χ4n) is 3.19. The fourth-order valence-corrected chi connectivity index (χ4v) is 3.19. The standard InChI is InChI=1S/C13H22N2O3/c1-3-10(12(17)18)15(2)11(16)9-8-13(9)4-6-14-7-5-13/h9-10,14H,3-8H2,1-2H3,(H,17,18). The summed E-state index contributed by atoms with van der Waals surface area (Å²) in [4.78, 5) is 24.8. The number of carboxylic acid groups (broad SMARTS) is 1. The maximum absolute atomic E-state index is 12.3. The molecule has 1 aliphatic carbocycles. The van der Waals surface area contributed by atoms with Gasteiger partial charge in [0.15, 0.2) is 0 Å². The third kappa shape index (κ3) is 2.23. The Morgan fingerprint density at radius 2 is 2.06 bits per heavy atom. The summed E-state index contributed by atoms with van der Waals surface area (Å²) < 4.78 is 0. The number of rotatable bonds is 4. The van der Waals surface area contributed by atoms with E-state index < -0.39 is 12.0 Å². The number of hydrogen-bond donors (Lipinski definition) is 2. The van der Waals surface area contributed by atoms with Crippen LogP contribution in [0.5, 0.6) is 0 Å². The zero-order valence-corrected chi connectivity index (χ0v) is 11.1. The molecule has 2 rings (SSSR count). The first kappa shape index (κ1) is 13.3. The summed E-state index contributed by atoms with van der Waals surface area (Å²) in [5.41, 5.74) is 0.174. The molecule has 0 aromatic carbocycles. The Morgan fingerprint density at radius 1 is 1.44 bits per heavy atom. The van der Waals surface area contributed by atoms with Gasteiger partial charge in [-0.05, 0) is 44.2 Å². The number of nitrogens with zero attached hydrogens (tertiary/aromatic N) is 1. The minimum absolute atomic E-state index is 0.0196. The molecular weight excluding hydrogens is 232 g/mol. The molecule has 2 aliphatic rings. The number of likely N-dealkylation sites (N-methyl/N-ethyl adjacent to an activating group) is 1. The summed E-state index contributed by atoms with van der Waals surface area (Å²) in [7, 11) is 1.62. The molecule has 18 heavy (non-hydrogen) atoms. The van der Waals surface area contributed by atoms with Crippen LogP contribution in [0.3, 0.4) is 0 Å². The van der Waals surface area contributed by atoms with Gasteiger partial charge in [-0.1, -0.05) is 6.92 Å². The lowest BCUT2D eigenvalue weighted by Crippen LogP contribution is -2.44. The molecule has 2 fully saturated rings. The van der Waals surface area contributed by atoms with E-state index >= 15 is 0 Å². The van der Waals surface area contributed by atoms with Crippen LogP contribution in [-0.2, 0) is 9.59 Å². The van der Waals surface area contributed by atoms with Gasteiger partial charge in [0, 0.05) is 13.0 Å². The number of carboxylic acids is 1. The Labute approximate surface area is 108 Å². The number of nitrogens with one attached hydrogen (secondary N) is 1. The first-order valence-corrected chi connectivity index (χ1v) is 6.72. The molecular formula is C13H22N2O3. The highest BCUT2D eigenvalue weighted by molar-refractivity contribution is 5.87. The molecule has 1 amide bonds. The van der Waals surface area contributed by atoms with Gasteiger partial charge in [0.25, 0.3) is 0 Å². The van der Waals surface area contributed by atoms with Crippen LogP contribution in [0.4, 0.5) is 0 Å². The Hall–Kier alpha value is -1.10. The smallest absolute Gasteiger partial charge is 0.326 e.